The van der Waals surface area contributed by atoms with E-state index in [1.54, 1.807) is 6.20 Å². The highest BCUT2D eigenvalue weighted by Gasteiger charge is 2.19. The first-order chi connectivity index (χ1) is 15.1. The minimum absolute atomic E-state index is 0.258. The van der Waals surface area contributed by atoms with Crippen molar-refractivity contribution >= 4 is 17.2 Å². The zero-order valence-corrected chi connectivity index (χ0v) is 17.7. The van der Waals surface area contributed by atoms with Crippen molar-refractivity contribution in [3.63, 3.8) is 0 Å². The zero-order valence-electron chi connectivity index (χ0n) is 17.7. The average molecular weight is 415 g/mol. The number of aromatic nitrogens is 4. The van der Waals surface area contributed by atoms with Crippen LogP contribution in [0, 0.1) is 0 Å². The Kier molecular flexibility index (Phi) is 5.01. The number of allylic oxidation sites excluding steroid dienone is 1. The van der Waals surface area contributed by atoms with Crippen LogP contribution in [-0.4, -0.2) is 45.2 Å². The van der Waals surface area contributed by atoms with Gasteiger partial charge in [-0.15, -0.1) is 0 Å². The minimum Gasteiger partial charge on any atom is -0.368 e. The van der Waals surface area contributed by atoms with Gasteiger partial charge in [-0.25, -0.2) is 15.0 Å². The van der Waals surface area contributed by atoms with Crippen LogP contribution in [0.1, 0.15) is 18.9 Å². The molecule has 0 bridgehead atoms. The molecule has 1 atom stereocenters. The molecule has 0 spiro atoms. The average Bonchev–Trinajstić information content (AvgIpc) is 3.25. The Hall–Kier alpha value is -3.49. The molecule has 0 saturated heterocycles. The summed E-state index contributed by atoms with van der Waals surface area (Å²) in [4.78, 5) is 13.7. The maximum Gasteiger partial charge on any atom is 0.227 e. The highest BCUT2D eigenvalue weighted by molar-refractivity contribution is 5.69. The summed E-state index contributed by atoms with van der Waals surface area (Å²) in [6.07, 6.45) is 15.0. The second kappa shape index (κ2) is 7.98. The molecule has 4 N–H and O–H groups in total. The van der Waals surface area contributed by atoms with Gasteiger partial charge in [0.2, 0.25) is 5.95 Å². The van der Waals surface area contributed by atoms with E-state index in [1.165, 1.54) is 11.1 Å². The fraction of sp³-hybridized carbons (Fsp3) is 0.261. The van der Waals surface area contributed by atoms with Crippen LogP contribution in [-0.2, 0) is 0 Å². The molecule has 8 heteroatoms. The first kappa shape index (κ1) is 19.5. The number of dihydropyridines is 1. The molecule has 8 nitrogen and oxygen atoms in total. The third-order valence-corrected chi connectivity index (χ3v) is 5.76. The van der Waals surface area contributed by atoms with Gasteiger partial charge in [-0.05, 0) is 68.4 Å². The molecule has 2 aliphatic heterocycles. The summed E-state index contributed by atoms with van der Waals surface area (Å²) in [6.45, 7) is 3.98. The molecule has 31 heavy (non-hydrogen) atoms. The van der Waals surface area contributed by atoms with Gasteiger partial charge in [0.15, 0.2) is 0 Å². The topological polar surface area (TPSA) is 91.2 Å². The van der Waals surface area contributed by atoms with Crippen LogP contribution < -0.4 is 21.3 Å². The van der Waals surface area contributed by atoms with Crippen molar-refractivity contribution in [2.45, 2.75) is 19.0 Å². The summed E-state index contributed by atoms with van der Waals surface area (Å²) >= 11 is 0. The number of nitrogens with one attached hydrogen (secondary N) is 4. The van der Waals surface area contributed by atoms with E-state index in [1.807, 2.05) is 31.6 Å². The first-order valence-electron chi connectivity index (χ1n) is 10.5. The Morgan fingerprint density at radius 1 is 1.19 bits per heavy atom. The lowest BCUT2D eigenvalue weighted by Crippen LogP contribution is -2.50. The quantitative estimate of drug-likeness (QED) is 0.510. The number of likely N-dealkylation sites (N-methyl/N-ethyl adjacent to an activating group) is 1. The molecule has 0 aliphatic carbocycles. The van der Waals surface area contributed by atoms with Gasteiger partial charge in [-0.3, -0.25) is 9.72 Å². The maximum atomic E-state index is 4.73. The maximum absolute atomic E-state index is 4.73. The second-order valence-electron chi connectivity index (χ2n) is 7.89. The standard InChI is InChI=1S/C23H26N8/c1-23(24-2)9-5-18(13-28-23)29-22-26-12-8-19(30-22)20-14-27-21-4-3-17(15-31(20)21)16-6-10-25-11-7-16/h3-6,8-9,12-15,24-25,28H,7,10-11H2,1-2H3,(H,26,29,30). The molecule has 5 heterocycles. The fourth-order valence-corrected chi connectivity index (χ4v) is 3.75. The number of hydrogen-bond donors (Lipinski definition) is 4. The molecule has 0 fully saturated rings. The molecule has 1 unspecified atom stereocenters. The van der Waals surface area contributed by atoms with E-state index in [9.17, 15) is 0 Å². The van der Waals surface area contributed by atoms with Crippen LogP contribution in [0.25, 0.3) is 22.6 Å². The molecule has 0 radical (unpaired) electrons. The smallest absolute Gasteiger partial charge is 0.227 e. The van der Waals surface area contributed by atoms with Crippen LogP contribution in [0.2, 0.25) is 0 Å². The van der Waals surface area contributed by atoms with Crippen LogP contribution in [0.3, 0.4) is 0 Å². The molecule has 0 saturated carbocycles. The lowest BCUT2D eigenvalue weighted by Gasteiger charge is -2.29. The number of anilines is 1. The zero-order chi connectivity index (χ0) is 21.3. The lowest BCUT2D eigenvalue weighted by molar-refractivity contribution is 0.424. The summed E-state index contributed by atoms with van der Waals surface area (Å²) in [5.41, 5.74) is 5.87. The summed E-state index contributed by atoms with van der Waals surface area (Å²) in [6, 6.07) is 6.11. The van der Waals surface area contributed by atoms with Gasteiger partial charge in [0.05, 0.1) is 23.3 Å². The van der Waals surface area contributed by atoms with Crippen molar-refractivity contribution in [1.29, 1.82) is 0 Å². The Morgan fingerprint density at radius 2 is 2.13 bits per heavy atom. The molecule has 158 valence electrons. The fourth-order valence-electron chi connectivity index (χ4n) is 3.75. The molecular formula is C23H26N8. The van der Waals surface area contributed by atoms with E-state index in [-0.39, 0.29) is 5.66 Å². The Morgan fingerprint density at radius 3 is 2.90 bits per heavy atom. The summed E-state index contributed by atoms with van der Waals surface area (Å²) in [5.74, 6) is 0.537. The molecule has 3 aromatic heterocycles. The van der Waals surface area contributed by atoms with Crippen LogP contribution in [0.15, 0.2) is 66.9 Å². The third-order valence-electron chi connectivity index (χ3n) is 5.76. The van der Waals surface area contributed by atoms with E-state index >= 15 is 0 Å². The van der Waals surface area contributed by atoms with Gasteiger partial charge in [0.25, 0.3) is 0 Å². The van der Waals surface area contributed by atoms with Gasteiger partial charge < -0.3 is 16.0 Å². The van der Waals surface area contributed by atoms with Gasteiger partial charge >= 0.3 is 0 Å². The monoisotopic (exact) mass is 414 g/mol. The molecule has 0 amide bonds. The van der Waals surface area contributed by atoms with Gasteiger partial charge in [-0.1, -0.05) is 6.08 Å². The van der Waals surface area contributed by atoms with E-state index in [0.717, 1.165) is 42.2 Å². The first-order valence-corrected chi connectivity index (χ1v) is 10.5. The van der Waals surface area contributed by atoms with E-state index in [2.05, 4.69) is 73.0 Å². The minimum atomic E-state index is -0.258. The number of imidazole rings is 1. The van der Waals surface area contributed by atoms with Crippen molar-refractivity contribution in [2.24, 2.45) is 0 Å². The van der Waals surface area contributed by atoms with Crippen molar-refractivity contribution in [1.82, 2.24) is 35.3 Å². The number of pyridine rings is 1. The SMILES string of the molecule is CNC1(C)C=CC(Nc2nccc(-c3cnc4ccc(C5=CCNCC5)cn34)n2)=CN1. The molecule has 5 rings (SSSR count). The van der Waals surface area contributed by atoms with E-state index in [0.29, 0.717) is 5.95 Å². The summed E-state index contributed by atoms with van der Waals surface area (Å²) < 4.78 is 2.10. The van der Waals surface area contributed by atoms with Gasteiger partial charge in [0.1, 0.15) is 11.3 Å². The lowest BCUT2D eigenvalue weighted by atomic mass is 10.0. The molecule has 2 aliphatic rings. The largest absolute Gasteiger partial charge is 0.368 e. The van der Waals surface area contributed by atoms with Crippen molar-refractivity contribution in [3.8, 4) is 11.4 Å². The number of rotatable bonds is 5. The van der Waals surface area contributed by atoms with Crippen molar-refractivity contribution in [3.05, 3.63) is 72.5 Å². The second-order valence-corrected chi connectivity index (χ2v) is 7.89. The van der Waals surface area contributed by atoms with Crippen molar-refractivity contribution in [2.75, 3.05) is 25.5 Å². The summed E-state index contributed by atoms with van der Waals surface area (Å²) in [5, 5.41) is 13.2. The predicted molar refractivity (Wildman–Crippen MR) is 123 cm³/mol. The van der Waals surface area contributed by atoms with E-state index in [4.69, 9.17) is 4.98 Å². The number of fused-ring (bicyclic) bond motifs is 1. The predicted octanol–water partition coefficient (Wildman–Crippen LogP) is 2.52. The summed E-state index contributed by atoms with van der Waals surface area (Å²) in [7, 11) is 1.92. The third kappa shape index (κ3) is 3.95. The molecular weight excluding hydrogens is 388 g/mol. The van der Waals surface area contributed by atoms with Crippen LogP contribution in [0.4, 0.5) is 5.95 Å². The highest BCUT2D eigenvalue weighted by Crippen LogP contribution is 2.25. The van der Waals surface area contributed by atoms with Crippen LogP contribution in [0.5, 0.6) is 0 Å². The normalized spacial score (nSPS) is 20.8. The van der Waals surface area contributed by atoms with Crippen molar-refractivity contribution < 1.29 is 0 Å². The molecule has 3 aromatic rings. The van der Waals surface area contributed by atoms with Gasteiger partial charge in [0, 0.05) is 25.1 Å². The number of hydrogen-bond acceptors (Lipinski definition) is 7. The Labute approximate surface area is 181 Å². The van der Waals surface area contributed by atoms with Gasteiger partial charge in [-0.2, -0.15) is 0 Å². The number of nitrogens with zero attached hydrogens (tertiary/aromatic N) is 4. The Bertz CT molecular complexity index is 1210. The molecule has 0 aromatic carbocycles. The van der Waals surface area contributed by atoms with E-state index < -0.39 is 0 Å². The Balaban J connectivity index is 1.43. The van der Waals surface area contributed by atoms with Crippen LogP contribution >= 0.6 is 0 Å². The highest BCUT2D eigenvalue weighted by atomic mass is 15.2.